The average molecular weight is 280 g/mol. The van der Waals surface area contributed by atoms with E-state index < -0.39 is 0 Å². The van der Waals surface area contributed by atoms with Crippen LogP contribution in [0.15, 0.2) is 24.3 Å². The standard InChI is InChI=1S/C19H36O/c1-2-3-4-5-6-7-8-9-10-11-12-13-14-15-16-17-18-19-20/h11-12,15-16,20H,2-10,13-14,17-19H2,1H3/b12-11-,16-15-. The predicted octanol–water partition coefficient (Wildman–Crippen LogP) is 6.18. The van der Waals surface area contributed by atoms with Gasteiger partial charge in [-0.15, -0.1) is 0 Å². The molecule has 1 heteroatoms. The molecule has 0 aromatic rings. The zero-order chi connectivity index (χ0) is 14.7. The monoisotopic (exact) mass is 280 g/mol. The molecule has 0 rings (SSSR count). The minimum absolute atomic E-state index is 0.308. The first-order chi connectivity index (χ1) is 9.91. The maximum atomic E-state index is 8.64. The van der Waals surface area contributed by atoms with Crippen LogP contribution in [-0.4, -0.2) is 11.7 Å². The zero-order valence-electron chi connectivity index (χ0n) is 13.7. The van der Waals surface area contributed by atoms with Crippen LogP contribution in [0.25, 0.3) is 0 Å². The van der Waals surface area contributed by atoms with E-state index in [-0.39, 0.29) is 0 Å². The lowest BCUT2D eigenvalue weighted by molar-refractivity contribution is 0.289. The molecule has 0 saturated carbocycles. The molecule has 0 saturated heterocycles. The van der Waals surface area contributed by atoms with Crippen molar-refractivity contribution in [2.75, 3.05) is 6.61 Å². The van der Waals surface area contributed by atoms with E-state index in [0.717, 1.165) is 25.7 Å². The Balaban J connectivity index is 3.10. The molecule has 0 radical (unpaired) electrons. The summed E-state index contributed by atoms with van der Waals surface area (Å²) in [6.45, 7) is 2.58. The van der Waals surface area contributed by atoms with Gasteiger partial charge in [0.1, 0.15) is 0 Å². The van der Waals surface area contributed by atoms with E-state index in [2.05, 4.69) is 31.2 Å². The van der Waals surface area contributed by atoms with Gasteiger partial charge in [0.05, 0.1) is 0 Å². The van der Waals surface area contributed by atoms with Gasteiger partial charge in [-0.2, -0.15) is 0 Å². The van der Waals surface area contributed by atoms with Gasteiger partial charge in [-0.25, -0.2) is 0 Å². The lowest BCUT2D eigenvalue weighted by Crippen LogP contribution is -1.80. The third-order valence-electron chi connectivity index (χ3n) is 3.59. The minimum Gasteiger partial charge on any atom is -0.396 e. The summed E-state index contributed by atoms with van der Waals surface area (Å²) in [6, 6.07) is 0. The van der Waals surface area contributed by atoms with Crippen LogP contribution in [0.2, 0.25) is 0 Å². The summed E-state index contributed by atoms with van der Waals surface area (Å²) in [5.41, 5.74) is 0. The molecule has 0 atom stereocenters. The molecule has 118 valence electrons. The molecule has 1 N–H and O–H groups in total. The topological polar surface area (TPSA) is 20.2 Å². The van der Waals surface area contributed by atoms with Gasteiger partial charge < -0.3 is 5.11 Å². The Hall–Kier alpha value is -0.560. The predicted molar refractivity (Wildman–Crippen MR) is 91.1 cm³/mol. The second-order valence-corrected chi connectivity index (χ2v) is 5.65. The molecule has 1 nitrogen and oxygen atoms in total. The maximum Gasteiger partial charge on any atom is 0.0433 e. The summed E-state index contributed by atoms with van der Waals surface area (Å²) in [5.74, 6) is 0. The Morgan fingerprint density at radius 1 is 0.550 bits per heavy atom. The molecule has 0 aromatic heterocycles. The normalized spacial score (nSPS) is 11.9. The van der Waals surface area contributed by atoms with Crippen molar-refractivity contribution < 1.29 is 5.11 Å². The molecule has 0 aliphatic carbocycles. The van der Waals surface area contributed by atoms with Crippen LogP contribution in [0.1, 0.15) is 90.4 Å². The highest BCUT2D eigenvalue weighted by atomic mass is 16.2. The molecular weight excluding hydrogens is 244 g/mol. The molecule has 0 aliphatic heterocycles. The van der Waals surface area contributed by atoms with Crippen LogP contribution in [0.5, 0.6) is 0 Å². The van der Waals surface area contributed by atoms with E-state index >= 15 is 0 Å². The van der Waals surface area contributed by atoms with Crippen molar-refractivity contribution in [1.82, 2.24) is 0 Å². The zero-order valence-corrected chi connectivity index (χ0v) is 13.7. The van der Waals surface area contributed by atoms with E-state index in [1.807, 2.05) is 0 Å². The Morgan fingerprint density at radius 2 is 1.00 bits per heavy atom. The third kappa shape index (κ3) is 17.4. The van der Waals surface area contributed by atoms with Gasteiger partial charge >= 0.3 is 0 Å². The van der Waals surface area contributed by atoms with Crippen LogP contribution in [0.3, 0.4) is 0 Å². The van der Waals surface area contributed by atoms with Crippen molar-refractivity contribution in [3.05, 3.63) is 24.3 Å². The van der Waals surface area contributed by atoms with Crippen LogP contribution in [-0.2, 0) is 0 Å². The summed E-state index contributed by atoms with van der Waals surface area (Å²) in [6.07, 6.45) is 25.8. The molecule has 0 aliphatic rings. The van der Waals surface area contributed by atoms with Crippen molar-refractivity contribution in [3.8, 4) is 0 Å². The molecule has 0 heterocycles. The summed E-state index contributed by atoms with van der Waals surface area (Å²) in [7, 11) is 0. The highest BCUT2D eigenvalue weighted by Crippen LogP contribution is 2.09. The molecule has 0 bridgehead atoms. The second kappa shape index (κ2) is 18.4. The molecule has 0 spiro atoms. The van der Waals surface area contributed by atoms with Gasteiger partial charge in [-0.1, -0.05) is 76.2 Å². The van der Waals surface area contributed by atoms with Crippen LogP contribution in [0.4, 0.5) is 0 Å². The number of rotatable bonds is 15. The fraction of sp³-hybridized carbons (Fsp3) is 0.789. The van der Waals surface area contributed by atoms with Gasteiger partial charge in [0, 0.05) is 6.61 Å². The first-order valence-corrected chi connectivity index (χ1v) is 8.82. The van der Waals surface area contributed by atoms with Gasteiger partial charge in [-0.05, 0) is 38.5 Å². The summed E-state index contributed by atoms with van der Waals surface area (Å²) >= 11 is 0. The van der Waals surface area contributed by atoms with Gasteiger partial charge in [0.2, 0.25) is 0 Å². The molecule has 0 unspecified atom stereocenters. The fourth-order valence-electron chi connectivity index (χ4n) is 2.27. The second-order valence-electron chi connectivity index (χ2n) is 5.65. The number of allylic oxidation sites excluding steroid dienone is 4. The summed E-state index contributed by atoms with van der Waals surface area (Å²) in [5, 5.41) is 8.64. The molecular formula is C19H36O. The highest BCUT2D eigenvalue weighted by molar-refractivity contribution is 4.87. The van der Waals surface area contributed by atoms with Crippen LogP contribution >= 0.6 is 0 Å². The summed E-state index contributed by atoms with van der Waals surface area (Å²) in [4.78, 5) is 0. The van der Waals surface area contributed by atoms with Crippen molar-refractivity contribution in [1.29, 1.82) is 0 Å². The lowest BCUT2D eigenvalue weighted by Gasteiger charge is -1.99. The Labute approximate surface area is 127 Å². The first-order valence-electron chi connectivity index (χ1n) is 8.82. The summed E-state index contributed by atoms with van der Waals surface area (Å²) < 4.78 is 0. The maximum absolute atomic E-state index is 8.64. The number of hydrogen-bond acceptors (Lipinski definition) is 1. The smallest absolute Gasteiger partial charge is 0.0433 e. The van der Waals surface area contributed by atoms with Gasteiger partial charge in [-0.3, -0.25) is 0 Å². The molecule has 0 fully saturated rings. The number of hydrogen-bond donors (Lipinski definition) is 1. The average Bonchev–Trinajstić information content (AvgIpc) is 2.47. The van der Waals surface area contributed by atoms with E-state index in [9.17, 15) is 0 Å². The molecule has 0 aromatic carbocycles. The van der Waals surface area contributed by atoms with Gasteiger partial charge in [0.15, 0.2) is 0 Å². The minimum atomic E-state index is 0.308. The largest absolute Gasteiger partial charge is 0.396 e. The van der Waals surface area contributed by atoms with E-state index in [1.54, 1.807) is 0 Å². The number of aliphatic hydroxyl groups is 1. The van der Waals surface area contributed by atoms with E-state index in [1.165, 1.54) is 57.8 Å². The van der Waals surface area contributed by atoms with Crippen LogP contribution in [0, 0.1) is 0 Å². The quantitative estimate of drug-likeness (QED) is 0.280. The van der Waals surface area contributed by atoms with Crippen molar-refractivity contribution in [2.24, 2.45) is 0 Å². The highest BCUT2D eigenvalue weighted by Gasteiger charge is 1.90. The lowest BCUT2D eigenvalue weighted by atomic mass is 10.1. The van der Waals surface area contributed by atoms with Crippen molar-refractivity contribution in [3.63, 3.8) is 0 Å². The Kier molecular flexibility index (Phi) is 17.9. The van der Waals surface area contributed by atoms with Crippen molar-refractivity contribution >= 4 is 0 Å². The Bertz CT molecular complexity index is 218. The van der Waals surface area contributed by atoms with Crippen LogP contribution < -0.4 is 0 Å². The SMILES string of the molecule is CCCCCCCCCC/C=C\CC/C=C\CCCO. The van der Waals surface area contributed by atoms with E-state index in [4.69, 9.17) is 5.11 Å². The Morgan fingerprint density at radius 3 is 1.55 bits per heavy atom. The number of unbranched alkanes of at least 4 members (excludes halogenated alkanes) is 10. The first kappa shape index (κ1) is 19.4. The fourth-order valence-corrected chi connectivity index (χ4v) is 2.27. The van der Waals surface area contributed by atoms with E-state index in [0.29, 0.717) is 6.61 Å². The molecule has 0 amide bonds. The van der Waals surface area contributed by atoms with Crippen molar-refractivity contribution in [2.45, 2.75) is 90.4 Å². The van der Waals surface area contributed by atoms with Gasteiger partial charge in [0.25, 0.3) is 0 Å². The third-order valence-corrected chi connectivity index (χ3v) is 3.59. The molecule has 20 heavy (non-hydrogen) atoms. The number of aliphatic hydroxyl groups excluding tert-OH is 1.